The van der Waals surface area contributed by atoms with E-state index >= 15 is 0 Å². The molecule has 2 aliphatic rings. The van der Waals surface area contributed by atoms with Crippen LogP contribution in [0, 0.1) is 12.8 Å². The van der Waals surface area contributed by atoms with Crippen molar-refractivity contribution in [1.82, 2.24) is 9.66 Å². The minimum absolute atomic E-state index is 0.291. The zero-order chi connectivity index (χ0) is 19.7. The Morgan fingerprint density at radius 2 is 1.96 bits per heavy atom. The molecule has 0 bridgehead atoms. The summed E-state index contributed by atoms with van der Waals surface area (Å²) in [5.41, 5.74) is 18.8. The summed E-state index contributed by atoms with van der Waals surface area (Å²) in [5, 5.41) is 3.50. The number of benzene rings is 1. The van der Waals surface area contributed by atoms with Crippen molar-refractivity contribution in [2.45, 2.75) is 51.2 Å². The monoisotopic (exact) mass is 382 g/mol. The van der Waals surface area contributed by atoms with Gasteiger partial charge in [-0.25, -0.2) is 9.66 Å². The van der Waals surface area contributed by atoms with Crippen LogP contribution in [0.4, 0.5) is 5.69 Å². The van der Waals surface area contributed by atoms with Crippen molar-refractivity contribution in [3.8, 4) is 5.75 Å². The third-order valence-electron chi connectivity index (χ3n) is 5.76. The summed E-state index contributed by atoms with van der Waals surface area (Å²) < 4.78 is 7.52. The predicted octanol–water partition coefficient (Wildman–Crippen LogP) is 2.77. The van der Waals surface area contributed by atoms with Gasteiger partial charge in [-0.2, -0.15) is 0 Å². The standard InChI is InChI=1S/C21H30N6O/c1-3-28-18-10-8-17(9-11-18)25-19-12-21(23,15-4-6-16(22)7-5-15)26-27-14(2)13-24-20(19)27/h8-13,15-16,25-26H,3-7,22-23H2,1-2H3. The molecular formula is C21H30N6O. The van der Waals surface area contributed by atoms with E-state index in [1.807, 2.05) is 49.0 Å². The van der Waals surface area contributed by atoms with Gasteiger partial charge in [0.05, 0.1) is 24.2 Å². The molecule has 1 aromatic carbocycles. The van der Waals surface area contributed by atoms with E-state index in [9.17, 15) is 0 Å². The van der Waals surface area contributed by atoms with Crippen molar-refractivity contribution >= 4 is 11.4 Å². The SMILES string of the molecule is CCOc1ccc(NC2=CC(N)(C3CCC(N)CC3)Nn3c(C)cnc32)cc1. The number of fused-ring (bicyclic) bond motifs is 1. The van der Waals surface area contributed by atoms with Crippen LogP contribution in [-0.2, 0) is 0 Å². The molecule has 28 heavy (non-hydrogen) atoms. The number of hydrogen-bond acceptors (Lipinski definition) is 6. The summed E-state index contributed by atoms with van der Waals surface area (Å²) in [4.78, 5) is 4.57. The second-order valence-electron chi connectivity index (χ2n) is 7.86. The molecule has 1 aliphatic heterocycles. The fourth-order valence-corrected chi connectivity index (χ4v) is 4.15. The molecule has 4 rings (SSSR count). The maximum absolute atomic E-state index is 6.89. The normalized spacial score (nSPS) is 26.8. The van der Waals surface area contributed by atoms with Crippen LogP contribution in [0.25, 0.3) is 5.70 Å². The van der Waals surface area contributed by atoms with Gasteiger partial charge in [-0.1, -0.05) is 0 Å². The van der Waals surface area contributed by atoms with E-state index in [4.69, 9.17) is 16.2 Å². The second kappa shape index (κ2) is 7.48. The van der Waals surface area contributed by atoms with Crippen LogP contribution in [0.5, 0.6) is 5.75 Å². The number of nitrogens with one attached hydrogen (secondary N) is 2. The Hall–Kier alpha value is -2.51. The van der Waals surface area contributed by atoms with Crippen LogP contribution in [0.1, 0.15) is 44.1 Å². The van der Waals surface area contributed by atoms with Crippen LogP contribution in [0.2, 0.25) is 0 Å². The fourth-order valence-electron chi connectivity index (χ4n) is 4.15. The van der Waals surface area contributed by atoms with E-state index in [0.717, 1.165) is 54.3 Å². The number of aromatic nitrogens is 2. The number of rotatable bonds is 5. The summed E-state index contributed by atoms with van der Waals surface area (Å²) in [6.45, 7) is 4.66. The molecule has 7 nitrogen and oxygen atoms in total. The first-order valence-electron chi connectivity index (χ1n) is 10.1. The van der Waals surface area contributed by atoms with Gasteiger partial charge < -0.3 is 26.9 Å². The highest BCUT2D eigenvalue weighted by Gasteiger charge is 2.39. The van der Waals surface area contributed by atoms with Crippen LogP contribution >= 0.6 is 0 Å². The van der Waals surface area contributed by atoms with Gasteiger partial charge in [-0.3, -0.25) is 0 Å². The average molecular weight is 383 g/mol. The van der Waals surface area contributed by atoms with E-state index in [1.54, 1.807) is 0 Å². The minimum Gasteiger partial charge on any atom is -0.494 e. The molecule has 1 aromatic heterocycles. The first-order chi connectivity index (χ1) is 13.5. The Labute approximate surface area is 166 Å². The molecule has 1 unspecified atom stereocenters. The number of hydrogen-bond donors (Lipinski definition) is 4. The molecular weight excluding hydrogens is 352 g/mol. The quantitative estimate of drug-likeness (QED) is 0.634. The average Bonchev–Trinajstić information content (AvgIpc) is 3.05. The summed E-state index contributed by atoms with van der Waals surface area (Å²) in [6, 6.07) is 8.23. The number of imidazole rings is 1. The molecule has 1 atom stereocenters. The van der Waals surface area contributed by atoms with E-state index in [-0.39, 0.29) is 0 Å². The lowest BCUT2D eigenvalue weighted by Crippen LogP contribution is -2.59. The highest BCUT2D eigenvalue weighted by atomic mass is 16.5. The van der Waals surface area contributed by atoms with Crippen LogP contribution < -0.4 is 26.9 Å². The topological polar surface area (TPSA) is 103 Å². The Kier molecular flexibility index (Phi) is 5.03. The fraction of sp³-hybridized carbons (Fsp3) is 0.476. The van der Waals surface area contributed by atoms with Crippen LogP contribution in [0.15, 0.2) is 36.5 Å². The highest BCUT2D eigenvalue weighted by Crippen LogP contribution is 2.35. The molecule has 1 saturated carbocycles. The minimum atomic E-state index is -0.647. The molecule has 150 valence electrons. The number of nitrogens with zero attached hydrogens (tertiary/aromatic N) is 2. The lowest BCUT2D eigenvalue weighted by molar-refractivity contribution is 0.238. The zero-order valence-corrected chi connectivity index (χ0v) is 16.6. The first kappa shape index (κ1) is 18.8. The van der Waals surface area contributed by atoms with Gasteiger partial charge >= 0.3 is 0 Å². The molecule has 2 heterocycles. The van der Waals surface area contributed by atoms with Crippen molar-refractivity contribution in [1.29, 1.82) is 0 Å². The van der Waals surface area contributed by atoms with Gasteiger partial charge in [0.2, 0.25) is 0 Å². The van der Waals surface area contributed by atoms with E-state index in [1.165, 1.54) is 0 Å². The summed E-state index contributed by atoms with van der Waals surface area (Å²) in [7, 11) is 0. The van der Waals surface area contributed by atoms with E-state index in [2.05, 4.69) is 21.8 Å². The van der Waals surface area contributed by atoms with Crippen molar-refractivity contribution in [3.05, 3.63) is 48.1 Å². The first-order valence-corrected chi connectivity index (χ1v) is 10.1. The zero-order valence-electron chi connectivity index (χ0n) is 16.6. The maximum Gasteiger partial charge on any atom is 0.175 e. The smallest absolute Gasteiger partial charge is 0.175 e. The van der Waals surface area contributed by atoms with Gasteiger partial charge in [-0.15, -0.1) is 0 Å². The van der Waals surface area contributed by atoms with Gasteiger partial charge in [0.15, 0.2) is 5.82 Å². The molecule has 1 fully saturated rings. The number of aryl methyl sites for hydroxylation is 1. The molecule has 1 aliphatic carbocycles. The van der Waals surface area contributed by atoms with E-state index in [0.29, 0.717) is 18.6 Å². The summed E-state index contributed by atoms with van der Waals surface area (Å²) in [6.07, 6.45) is 8.00. The summed E-state index contributed by atoms with van der Waals surface area (Å²) >= 11 is 0. The molecule has 2 aromatic rings. The van der Waals surface area contributed by atoms with Crippen molar-refractivity contribution in [2.75, 3.05) is 17.3 Å². The summed E-state index contributed by atoms with van der Waals surface area (Å²) in [5.74, 6) is 2.01. The Morgan fingerprint density at radius 3 is 2.64 bits per heavy atom. The van der Waals surface area contributed by atoms with Crippen molar-refractivity contribution in [2.24, 2.45) is 17.4 Å². The van der Waals surface area contributed by atoms with Gasteiger partial charge in [0, 0.05) is 17.6 Å². The molecule has 0 radical (unpaired) electrons. The highest BCUT2D eigenvalue weighted by molar-refractivity contribution is 5.76. The third-order valence-corrected chi connectivity index (χ3v) is 5.76. The van der Waals surface area contributed by atoms with Crippen LogP contribution in [-0.4, -0.2) is 28.0 Å². The van der Waals surface area contributed by atoms with E-state index < -0.39 is 5.66 Å². The van der Waals surface area contributed by atoms with Crippen LogP contribution in [0.3, 0.4) is 0 Å². The van der Waals surface area contributed by atoms with Gasteiger partial charge in [-0.05, 0) is 69.9 Å². The number of ether oxygens (including phenoxy) is 1. The maximum atomic E-state index is 6.89. The Balaban J connectivity index is 1.63. The molecule has 0 saturated heterocycles. The lowest BCUT2D eigenvalue weighted by atomic mass is 9.78. The van der Waals surface area contributed by atoms with Gasteiger partial charge in [0.1, 0.15) is 11.4 Å². The molecule has 0 amide bonds. The largest absolute Gasteiger partial charge is 0.494 e. The molecule has 0 spiro atoms. The number of nitrogens with two attached hydrogens (primary N) is 2. The Morgan fingerprint density at radius 1 is 1.25 bits per heavy atom. The number of anilines is 1. The van der Waals surface area contributed by atoms with Crippen molar-refractivity contribution < 1.29 is 4.74 Å². The molecule has 7 heteroatoms. The van der Waals surface area contributed by atoms with Gasteiger partial charge in [0.25, 0.3) is 0 Å². The van der Waals surface area contributed by atoms with Crippen molar-refractivity contribution in [3.63, 3.8) is 0 Å². The molecule has 6 N–H and O–H groups in total. The predicted molar refractivity (Wildman–Crippen MR) is 112 cm³/mol. The third kappa shape index (κ3) is 3.59. The second-order valence-corrected chi connectivity index (χ2v) is 7.86. The Bertz CT molecular complexity index is 850. The lowest BCUT2D eigenvalue weighted by Gasteiger charge is -2.43.